The lowest BCUT2D eigenvalue weighted by atomic mass is 10.1. The van der Waals surface area contributed by atoms with E-state index in [1.165, 1.54) is 24.5 Å². The monoisotopic (exact) mass is 459 g/mol. The second kappa shape index (κ2) is 9.07. The van der Waals surface area contributed by atoms with E-state index in [4.69, 9.17) is 9.52 Å². The number of aromatic nitrogens is 2. The molecule has 7 nitrogen and oxygen atoms in total. The van der Waals surface area contributed by atoms with Gasteiger partial charge in [-0.3, -0.25) is 4.78 Å². The smallest absolute Gasteiger partial charge is 0.215 e. The highest BCUT2D eigenvalue weighted by Gasteiger charge is 2.13. The number of hydrogen-bond donors (Lipinski definition) is 3. The van der Waals surface area contributed by atoms with Crippen LogP contribution >= 0.6 is 0 Å². The first-order chi connectivity index (χ1) is 15.3. The van der Waals surface area contributed by atoms with Crippen LogP contribution < -0.4 is 15.4 Å². The minimum atomic E-state index is -2.77. The second-order valence-corrected chi connectivity index (χ2v) is 10.00. The fraction of sp³-hybridized carbons (Fsp3) is 0.273. The fourth-order valence-corrected chi connectivity index (χ4v) is 4.22. The third kappa shape index (κ3) is 5.50. The van der Waals surface area contributed by atoms with E-state index >= 15 is 0 Å². The number of anilines is 3. The Morgan fingerprint density at radius 3 is 2.78 bits per heavy atom. The van der Waals surface area contributed by atoms with Gasteiger partial charge in [-0.15, -0.1) is 0 Å². The largest absolute Gasteiger partial charge is 0.478 e. The van der Waals surface area contributed by atoms with Crippen molar-refractivity contribution in [2.24, 2.45) is 0 Å². The first-order valence-corrected chi connectivity index (χ1v) is 12.2. The second-order valence-electron chi connectivity index (χ2n) is 7.70. The predicted molar refractivity (Wildman–Crippen MR) is 121 cm³/mol. The van der Waals surface area contributed by atoms with Gasteiger partial charge in [0.15, 0.2) is 0 Å². The van der Waals surface area contributed by atoms with Crippen LogP contribution in [0.3, 0.4) is 0 Å². The molecule has 6 bridgehead atoms. The Labute approximate surface area is 185 Å². The average molecular weight is 460 g/mol. The summed E-state index contributed by atoms with van der Waals surface area (Å²) in [6.45, 7) is 0.909. The minimum absolute atomic E-state index is 0.0466. The van der Waals surface area contributed by atoms with Crippen molar-refractivity contribution in [2.75, 3.05) is 30.0 Å². The molecule has 10 heteroatoms. The van der Waals surface area contributed by atoms with Gasteiger partial charge < -0.3 is 15.4 Å². The molecule has 0 spiro atoms. The van der Waals surface area contributed by atoms with Crippen molar-refractivity contribution in [1.29, 1.82) is 4.78 Å². The molecule has 4 rings (SSSR count). The summed E-state index contributed by atoms with van der Waals surface area (Å²) in [5.74, 6) is 0.121. The van der Waals surface area contributed by atoms with Crippen LogP contribution in [0.1, 0.15) is 18.4 Å². The van der Waals surface area contributed by atoms with E-state index in [-0.39, 0.29) is 11.3 Å². The molecule has 3 heterocycles. The maximum atomic E-state index is 14.6. The van der Waals surface area contributed by atoms with E-state index < -0.39 is 21.4 Å². The lowest BCUT2D eigenvalue weighted by Gasteiger charge is -2.14. The number of nitrogens with zero attached hydrogens (tertiary/aromatic N) is 2. The summed E-state index contributed by atoms with van der Waals surface area (Å²) in [6, 6.07) is 9.23. The number of halogens is 2. The summed E-state index contributed by atoms with van der Waals surface area (Å²) >= 11 is 0. The summed E-state index contributed by atoms with van der Waals surface area (Å²) in [6.07, 6.45) is 3.87. The molecule has 1 aromatic carbocycles. The lowest BCUT2D eigenvalue weighted by Crippen LogP contribution is -2.08. The van der Waals surface area contributed by atoms with Gasteiger partial charge >= 0.3 is 0 Å². The molecule has 3 N–H and O–H groups in total. The van der Waals surface area contributed by atoms with Gasteiger partial charge in [-0.25, -0.2) is 18.0 Å². The SMILES string of the molecule is C[S@@](=N)(=O)Cc1cc2nc(c1)OCCCCNc1cc(ccc1F)-c1cc(ncc1F)N2. The normalized spacial score (nSPS) is 15.6. The molecule has 168 valence electrons. The van der Waals surface area contributed by atoms with E-state index in [0.29, 0.717) is 53.9 Å². The molecular formula is C22H23F2N5O2S. The average Bonchev–Trinajstić information content (AvgIpc) is 2.71. The summed E-state index contributed by atoms with van der Waals surface area (Å²) in [5.41, 5.74) is 1.70. The molecular weight excluding hydrogens is 436 g/mol. The number of pyridine rings is 2. The molecule has 1 atom stereocenters. The number of ether oxygens (including phenoxy) is 1. The van der Waals surface area contributed by atoms with Gasteiger partial charge in [0.1, 0.15) is 23.3 Å². The first kappa shape index (κ1) is 21.9. The zero-order chi connectivity index (χ0) is 22.7. The van der Waals surface area contributed by atoms with Crippen LogP contribution in [-0.4, -0.2) is 33.6 Å². The lowest BCUT2D eigenvalue weighted by molar-refractivity contribution is 0.297. The highest BCUT2D eigenvalue weighted by atomic mass is 32.2. The van der Waals surface area contributed by atoms with Gasteiger partial charge in [0.25, 0.3) is 0 Å². The zero-order valence-electron chi connectivity index (χ0n) is 17.5. The van der Waals surface area contributed by atoms with Crippen molar-refractivity contribution >= 4 is 27.1 Å². The number of rotatable bonds is 2. The Balaban J connectivity index is 1.77. The van der Waals surface area contributed by atoms with E-state index in [1.54, 1.807) is 18.2 Å². The Kier molecular flexibility index (Phi) is 6.22. The third-order valence-corrected chi connectivity index (χ3v) is 5.71. The van der Waals surface area contributed by atoms with Gasteiger partial charge in [0.05, 0.1) is 24.2 Å². The highest BCUT2D eigenvalue weighted by Crippen LogP contribution is 2.30. The van der Waals surface area contributed by atoms with Gasteiger partial charge in [0.2, 0.25) is 5.88 Å². The minimum Gasteiger partial charge on any atom is -0.478 e. The fourth-order valence-electron chi connectivity index (χ4n) is 3.41. The number of hydrogen-bond acceptors (Lipinski definition) is 7. The van der Waals surface area contributed by atoms with Gasteiger partial charge in [-0.05, 0) is 48.2 Å². The van der Waals surface area contributed by atoms with Crippen LogP contribution in [0.5, 0.6) is 5.88 Å². The van der Waals surface area contributed by atoms with Crippen LogP contribution in [0, 0.1) is 16.4 Å². The highest BCUT2D eigenvalue weighted by molar-refractivity contribution is 7.90. The number of fused-ring (bicyclic) bond motifs is 7. The summed E-state index contributed by atoms with van der Waals surface area (Å²) in [7, 11) is -2.77. The molecule has 1 aliphatic rings. The molecule has 0 amide bonds. The summed E-state index contributed by atoms with van der Waals surface area (Å²) in [5, 5.41) is 6.08. The van der Waals surface area contributed by atoms with Crippen LogP contribution in [0.2, 0.25) is 0 Å². The van der Waals surface area contributed by atoms with Crippen LogP contribution in [0.25, 0.3) is 11.1 Å². The predicted octanol–water partition coefficient (Wildman–Crippen LogP) is 4.93. The molecule has 0 unspecified atom stereocenters. The standard InChI is InChI=1S/C22H23F2N5O2S/c1-32(25,30)13-14-8-21-28-20-11-16(18(24)12-27-20)15-4-5-17(23)19(10-15)26-6-2-3-7-31-22(9-14)29-21/h4-5,8-12,25-26H,2-3,6-7,13H2,1H3,(H,27,28,29)/t32-/m1/s1. The van der Waals surface area contributed by atoms with Gasteiger partial charge in [-0.1, -0.05) is 6.07 Å². The van der Waals surface area contributed by atoms with Gasteiger partial charge in [0, 0.05) is 34.2 Å². The Hall–Kier alpha value is -3.27. The molecule has 0 radical (unpaired) electrons. The molecule has 0 saturated heterocycles. The Morgan fingerprint density at radius 2 is 1.97 bits per heavy atom. The van der Waals surface area contributed by atoms with Crippen molar-refractivity contribution in [3.63, 3.8) is 0 Å². The molecule has 0 saturated carbocycles. The van der Waals surface area contributed by atoms with Crippen LogP contribution in [0.4, 0.5) is 26.1 Å². The topological polar surface area (TPSA) is 100.0 Å². The molecule has 0 aliphatic carbocycles. The van der Waals surface area contributed by atoms with E-state index in [2.05, 4.69) is 20.6 Å². The Bertz CT molecular complexity index is 1250. The van der Waals surface area contributed by atoms with Crippen LogP contribution in [-0.2, 0) is 15.5 Å². The molecule has 2 aromatic heterocycles. The van der Waals surface area contributed by atoms with Crippen molar-refractivity contribution < 1.29 is 17.7 Å². The zero-order valence-corrected chi connectivity index (χ0v) is 18.3. The first-order valence-electron chi connectivity index (χ1n) is 10.1. The third-order valence-electron chi connectivity index (χ3n) is 4.83. The quantitative estimate of drug-likeness (QED) is 0.503. The number of nitrogens with one attached hydrogen (secondary N) is 3. The van der Waals surface area contributed by atoms with Crippen molar-refractivity contribution in [3.05, 3.63) is 59.8 Å². The van der Waals surface area contributed by atoms with Gasteiger partial charge in [-0.2, -0.15) is 4.98 Å². The maximum absolute atomic E-state index is 14.6. The Morgan fingerprint density at radius 1 is 1.12 bits per heavy atom. The summed E-state index contributed by atoms with van der Waals surface area (Å²) in [4.78, 5) is 8.50. The maximum Gasteiger partial charge on any atom is 0.215 e. The van der Waals surface area contributed by atoms with Crippen molar-refractivity contribution in [3.8, 4) is 17.0 Å². The van der Waals surface area contributed by atoms with Crippen LogP contribution in [0.15, 0.2) is 42.6 Å². The molecule has 0 fully saturated rings. The number of benzene rings is 1. The van der Waals surface area contributed by atoms with E-state index in [9.17, 15) is 13.0 Å². The van der Waals surface area contributed by atoms with E-state index in [1.807, 2.05) is 0 Å². The molecule has 1 aliphatic heterocycles. The van der Waals surface area contributed by atoms with Crippen molar-refractivity contribution in [1.82, 2.24) is 9.97 Å². The molecule has 32 heavy (non-hydrogen) atoms. The molecule has 3 aromatic rings. The van der Waals surface area contributed by atoms with Crippen molar-refractivity contribution in [2.45, 2.75) is 18.6 Å². The summed E-state index contributed by atoms with van der Waals surface area (Å²) < 4.78 is 54.3. The van der Waals surface area contributed by atoms with E-state index in [0.717, 1.165) is 12.6 Å².